The van der Waals surface area contributed by atoms with Gasteiger partial charge < -0.3 is 5.32 Å². The molecule has 0 saturated heterocycles. The molecule has 1 N–H and O–H groups in total. The molecule has 23 heavy (non-hydrogen) atoms. The molecule has 6 heteroatoms. The van der Waals surface area contributed by atoms with E-state index in [4.69, 9.17) is 10.1 Å². The standard InChI is InChI=1S/C17H24N4OS/c1-9(2)11-8-23-16(18-11)10-7-12(22)19-15-13(10)14(17(3,4)5)20-21(15)6/h8-10H,7H2,1-6H3,(H,19,22). The van der Waals surface area contributed by atoms with E-state index in [1.807, 2.05) is 7.05 Å². The number of carbonyl (C=O) groups is 1. The number of rotatable bonds is 2. The predicted molar refractivity (Wildman–Crippen MR) is 93.2 cm³/mol. The summed E-state index contributed by atoms with van der Waals surface area (Å²) in [5.41, 5.74) is 3.19. The van der Waals surface area contributed by atoms with Gasteiger partial charge in [-0.25, -0.2) is 4.98 Å². The summed E-state index contributed by atoms with van der Waals surface area (Å²) in [6.07, 6.45) is 0.437. The summed E-state index contributed by atoms with van der Waals surface area (Å²) >= 11 is 1.65. The van der Waals surface area contributed by atoms with Gasteiger partial charge in [0.25, 0.3) is 0 Å². The van der Waals surface area contributed by atoms with E-state index in [1.165, 1.54) is 0 Å². The zero-order valence-corrected chi connectivity index (χ0v) is 15.4. The number of nitrogens with one attached hydrogen (secondary N) is 1. The minimum atomic E-state index is -0.0796. The summed E-state index contributed by atoms with van der Waals surface area (Å²) in [7, 11) is 1.89. The van der Waals surface area contributed by atoms with Crippen molar-refractivity contribution in [2.24, 2.45) is 7.05 Å². The number of aromatic nitrogens is 3. The molecule has 0 saturated carbocycles. The zero-order valence-electron chi connectivity index (χ0n) is 14.6. The Labute approximate surface area is 141 Å². The largest absolute Gasteiger partial charge is 0.311 e. The zero-order chi connectivity index (χ0) is 16.9. The molecule has 0 radical (unpaired) electrons. The van der Waals surface area contributed by atoms with Crippen LogP contribution in [0.3, 0.4) is 0 Å². The van der Waals surface area contributed by atoms with Gasteiger partial charge in [-0.15, -0.1) is 11.3 Å². The van der Waals surface area contributed by atoms with Crippen molar-refractivity contribution in [3.63, 3.8) is 0 Å². The van der Waals surface area contributed by atoms with Gasteiger partial charge in [0.2, 0.25) is 5.91 Å². The summed E-state index contributed by atoms with van der Waals surface area (Å²) in [5, 5.41) is 10.8. The van der Waals surface area contributed by atoms with E-state index >= 15 is 0 Å². The lowest BCUT2D eigenvalue weighted by atomic mass is 9.82. The lowest BCUT2D eigenvalue weighted by molar-refractivity contribution is -0.116. The Morgan fingerprint density at radius 2 is 2.09 bits per heavy atom. The van der Waals surface area contributed by atoms with Crippen LogP contribution < -0.4 is 5.32 Å². The normalized spacial score (nSPS) is 18.2. The van der Waals surface area contributed by atoms with Crippen molar-refractivity contribution < 1.29 is 4.79 Å². The lowest BCUT2D eigenvalue weighted by Gasteiger charge is -2.25. The molecule has 1 atom stereocenters. The maximum atomic E-state index is 12.2. The van der Waals surface area contributed by atoms with E-state index in [2.05, 4.69) is 45.3 Å². The molecule has 1 amide bonds. The van der Waals surface area contributed by atoms with Crippen LogP contribution in [-0.4, -0.2) is 20.7 Å². The van der Waals surface area contributed by atoms with Crippen LogP contribution in [0.1, 0.15) is 74.8 Å². The van der Waals surface area contributed by atoms with Crippen molar-refractivity contribution >= 4 is 23.1 Å². The van der Waals surface area contributed by atoms with Crippen LogP contribution in [0.5, 0.6) is 0 Å². The lowest BCUT2D eigenvalue weighted by Crippen LogP contribution is -2.26. The quantitative estimate of drug-likeness (QED) is 0.910. The Bertz CT molecular complexity index is 751. The minimum Gasteiger partial charge on any atom is -0.311 e. The number of hydrogen-bond acceptors (Lipinski definition) is 4. The fourth-order valence-electron chi connectivity index (χ4n) is 2.98. The third kappa shape index (κ3) is 2.80. The van der Waals surface area contributed by atoms with Crippen LogP contribution in [0.25, 0.3) is 0 Å². The molecule has 2 aromatic heterocycles. The first-order valence-corrected chi connectivity index (χ1v) is 8.89. The van der Waals surface area contributed by atoms with E-state index in [1.54, 1.807) is 16.0 Å². The fraction of sp³-hybridized carbons (Fsp3) is 0.588. The molecule has 1 unspecified atom stereocenters. The summed E-state index contributed by atoms with van der Waals surface area (Å²) < 4.78 is 1.79. The third-order valence-corrected chi connectivity index (χ3v) is 5.20. The molecule has 0 aliphatic carbocycles. The summed E-state index contributed by atoms with van der Waals surface area (Å²) in [4.78, 5) is 17.0. The maximum absolute atomic E-state index is 12.2. The molecule has 3 heterocycles. The van der Waals surface area contributed by atoms with Crippen molar-refractivity contribution in [1.29, 1.82) is 0 Å². The van der Waals surface area contributed by atoms with Crippen LogP contribution >= 0.6 is 11.3 Å². The molecule has 0 spiro atoms. The van der Waals surface area contributed by atoms with E-state index in [-0.39, 0.29) is 17.2 Å². The molecule has 124 valence electrons. The monoisotopic (exact) mass is 332 g/mol. The van der Waals surface area contributed by atoms with Crippen LogP contribution in [-0.2, 0) is 17.3 Å². The van der Waals surface area contributed by atoms with Gasteiger partial charge in [0.05, 0.1) is 17.3 Å². The van der Waals surface area contributed by atoms with Gasteiger partial charge in [-0.2, -0.15) is 5.10 Å². The Morgan fingerprint density at radius 3 is 2.65 bits per heavy atom. The van der Waals surface area contributed by atoms with Gasteiger partial charge in [-0.3, -0.25) is 9.48 Å². The van der Waals surface area contributed by atoms with Gasteiger partial charge in [0, 0.05) is 29.8 Å². The number of anilines is 1. The van der Waals surface area contributed by atoms with Gasteiger partial charge >= 0.3 is 0 Å². The predicted octanol–water partition coefficient (Wildman–Crippen LogP) is 3.77. The molecule has 5 nitrogen and oxygen atoms in total. The third-order valence-electron chi connectivity index (χ3n) is 4.22. The van der Waals surface area contributed by atoms with E-state index in [0.717, 1.165) is 27.8 Å². The number of nitrogens with zero attached hydrogens (tertiary/aromatic N) is 3. The van der Waals surface area contributed by atoms with E-state index < -0.39 is 0 Å². The van der Waals surface area contributed by atoms with Gasteiger partial charge in [0.1, 0.15) is 10.8 Å². The smallest absolute Gasteiger partial charge is 0.226 e. The highest BCUT2D eigenvalue weighted by Gasteiger charge is 2.37. The van der Waals surface area contributed by atoms with Gasteiger partial charge in [0.15, 0.2) is 0 Å². The Balaban J connectivity index is 2.15. The first-order valence-electron chi connectivity index (χ1n) is 8.01. The first kappa shape index (κ1) is 16.2. The molecular formula is C17H24N4OS. The SMILES string of the molecule is CC(C)c1csc(C2CC(=O)Nc3c2c(C(C)(C)C)nn3C)n1. The van der Waals surface area contributed by atoms with E-state index in [9.17, 15) is 4.79 Å². The number of amides is 1. The second kappa shape index (κ2) is 5.44. The Kier molecular flexibility index (Phi) is 3.83. The number of carbonyl (C=O) groups excluding carboxylic acids is 1. The Morgan fingerprint density at radius 1 is 1.39 bits per heavy atom. The number of hydrogen-bond donors (Lipinski definition) is 1. The molecule has 1 aliphatic rings. The molecule has 3 rings (SSSR count). The Hall–Kier alpha value is -1.69. The maximum Gasteiger partial charge on any atom is 0.226 e. The molecule has 1 aliphatic heterocycles. The first-order chi connectivity index (χ1) is 10.7. The molecule has 0 aromatic carbocycles. The highest BCUT2D eigenvalue weighted by atomic mass is 32.1. The average molecular weight is 332 g/mol. The van der Waals surface area contributed by atoms with Gasteiger partial charge in [-0.1, -0.05) is 34.6 Å². The average Bonchev–Trinajstić information content (AvgIpc) is 3.03. The van der Waals surface area contributed by atoms with Crippen LogP contribution in [0.4, 0.5) is 5.82 Å². The summed E-state index contributed by atoms with van der Waals surface area (Å²) in [6.45, 7) is 10.8. The van der Waals surface area contributed by atoms with Crippen molar-refractivity contribution in [3.8, 4) is 0 Å². The number of thiazole rings is 1. The summed E-state index contributed by atoms with van der Waals surface area (Å²) in [6, 6.07) is 0. The molecular weight excluding hydrogens is 308 g/mol. The van der Waals surface area contributed by atoms with Crippen molar-refractivity contribution in [3.05, 3.63) is 27.3 Å². The summed E-state index contributed by atoms with van der Waals surface area (Å²) in [5.74, 6) is 1.25. The van der Waals surface area contributed by atoms with E-state index in [0.29, 0.717) is 12.3 Å². The van der Waals surface area contributed by atoms with Crippen molar-refractivity contribution in [1.82, 2.24) is 14.8 Å². The molecule has 0 bridgehead atoms. The molecule has 2 aromatic rings. The topological polar surface area (TPSA) is 59.8 Å². The number of aryl methyl sites for hydroxylation is 1. The van der Waals surface area contributed by atoms with Crippen molar-refractivity contribution in [2.45, 2.75) is 58.3 Å². The minimum absolute atomic E-state index is 0.000764. The highest BCUT2D eigenvalue weighted by Crippen LogP contribution is 2.43. The van der Waals surface area contributed by atoms with Crippen LogP contribution in [0.15, 0.2) is 5.38 Å². The number of fused-ring (bicyclic) bond motifs is 1. The highest BCUT2D eigenvalue weighted by molar-refractivity contribution is 7.09. The van der Waals surface area contributed by atoms with Crippen LogP contribution in [0, 0.1) is 0 Å². The fourth-order valence-corrected chi connectivity index (χ4v) is 4.07. The second-order valence-electron chi connectivity index (χ2n) is 7.55. The van der Waals surface area contributed by atoms with Gasteiger partial charge in [-0.05, 0) is 5.92 Å². The molecule has 0 fully saturated rings. The second-order valence-corrected chi connectivity index (χ2v) is 8.44. The van der Waals surface area contributed by atoms with Crippen LogP contribution in [0.2, 0.25) is 0 Å². The van der Waals surface area contributed by atoms with Crippen molar-refractivity contribution in [2.75, 3.05) is 5.32 Å².